The number of carbonyl (C=O) groups is 4. The molecule has 4 fully saturated rings. The van der Waals surface area contributed by atoms with Crippen LogP contribution in [0.4, 0.5) is 0 Å². The van der Waals surface area contributed by atoms with Crippen LogP contribution in [0.15, 0.2) is 46.3 Å². The summed E-state index contributed by atoms with van der Waals surface area (Å²) in [6.07, 6.45) is -3.47. The highest BCUT2D eigenvalue weighted by Crippen LogP contribution is 2.70. The third kappa shape index (κ3) is 2.68. The second kappa shape index (κ2) is 7.74. The molecule has 10 nitrogen and oxygen atoms in total. The Balaban J connectivity index is 1.45. The zero-order valence-corrected chi connectivity index (χ0v) is 23.1. The summed E-state index contributed by atoms with van der Waals surface area (Å²) in [5.41, 5.74) is -3.55. The largest absolute Gasteiger partial charge is 0.498 e. The number of fused-ring (bicyclic) bond motifs is 3. The van der Waals surface area contributed by atoms with Gasteiger partial charge >= 0.3 is 0 Å². The van der Waals surface area contributed by atoms with Crippen LogP contribution in [-0.2, 0) is 38.1 Å². The molecule has 0 aromatic rings. The number of aliphatic hydroxyl groups excluding tert-OH is 2. The lowest BCUT2D eigenvalue weighted by Gasteiger charge is -2.62. The molecule has 3 unspecified atom stereocenters. The van der Waals surface area contributed by atoms with Gasteiger partial charge in [-0.1, -0.05) is 23.3 Å². The molecule has 5 aliphatic heterocycles. The topological polar surface area (TPSA) is 152 Å². The van der Waals surface area contributed by atoms with E-state index in [1.54, 1.807) is 41.5 Å². The molecule has 10 heteroatoms. The number of rotatable bonds is 4. The first kappa shape index (κ1) is 26.2. The summed E-state index contributed by atoms with van der Waals surface area (Å²) >= 11 is 0. The van der Waals surface area contributed by atoms with E-state index in [1.807, 2.05) is 0 Å². The van der Waals surface area contributed by atoms with Crippen LogP contribution in [0, 0.1) is 17.3 Å². The molecule has 3 aliphatic carbocycles. The standard InChI is InChI=1S/C30H32O10/c1-10(2)7-15(31)29-23(35)18-17-12(5)38-24(19(18)22(34)26(29)39-29)28-14(9-37-13(6)20(17)28)21(33)25-30(40-25,27(28)36)16(32)8-11(3)4/h7-9,12-13,15-17,20,24-26,31-32H,1-6H3/t12?,13-,15+,16+,17?,20+,24?,25+,26+,28-,29-,30+/m1/s1. The number of epoxide rings is 2. The molecule has 40 heavy (non-hydrogen) atoms. The molecule has 8 rings (SSSR count). The lowest BCUT2D eigenvalue weighted by molar-refractivity contribution is -0.207. The Kier molecular flexibility index (Phi) is 5.06. The SMILES string of the molecule is CC(C)=C[C@H](O)[C@]12O[C@H]1C(=O)C1=C(C2=O)C2C(C)OC1[C@@]13C(=O)[C@@]4([C@@H](O)C=C(C)C)O[C@H]4C(=O)C1=CO[C@H](C)[C@@H]23. The van der Waals surface area contributed by atoms with Gasteiger partial charge in [-0.15, -0.1) is 0 Å². The Morgan fingerprint density at radius 2 is 1.40 bits per heavy atom. The van der Waals surface area contributed by atoms with E-state index in [4.69, 9.17) is 18.9 Å². The van der Waals surface area contributed by atoms with Crippen LogP contribution in [-0.4, -0.2) is 87.3 Å². The average Bonchev–Trinajstić information content (AvgIpc) is 3.78. The van der Waals surface area contributed by atoms with Crippen molar-refractivity contribution in [3.05, 3.63) is 46.3 Å². The molecule has 0 amide bonds. The summed E-state index contributed by atoms with van der Waals surface area (Å²) in [6, 6.07) is 0. The molecule has 0 radical (unpaired) electrons. The first-order chi connectivity index (χ1) is 18.8. The maximum atomic E-state index is 14.8. The van der Waals surface area contributed by atoms with Crippen LogP contribution >= 0.6 is 0 Å². The fraction of sp³-hybridized carbons (Fsp3) is 0.600. The molecular weight excluding hydrogens is 520 g/mol. The number of hydrogen-bond donors (Lipinski definition) is 2. The fourth-order valence-electron chi connectivity index (χ4n) is 8.30. The number of allylic oxidation sites excluding steroid dienone is 2. The molecule has 0 aromatic carbocycles. The Morgan fingerprint density at radius 1 is 0.825 bits per heavy atom. The first-order valence-electron chi connectivity index (χ1n) is 13.7. The van der Waals surface area contributed by atoms with Gasteiger partial charge < -0.3 is 29.2 Å². The van der Waals surface area contributed by atoms with Gasteiger partial charge in [0.1, 0.15) is 23.7 Å². The van der Waals surface area contributed by atoms with Crippen molar-refractivity contribution in [2.45, 2.75) is 95.5 Å². The lowest BCUT2D eigenvalue weighted by atomic mass is 9.44. The van der Waals surface area contributed by atoms with Gasteiger partial charge in [0.25, 0.3) is 0 Å². The van der Waals surface area contributed by atoms with Crippen molar-refractivity contribution >= 4 is 23.1 Å². The van der Waals surface area contributed by atoms with E-state index in [-0.39, 0.29) is 16.7 Å². The van der Waals surface area contributed by atoms with Crippen molar-refractivity contribution in [2.24, 2.45) is 17.3 Å². The Bertz CT molecular complexity index is 1440. The number of ketones is 4. The Morgan fingerprint density at radius 3 is 2.02 bits per heavy atom. The quantitative estimate of drug-likeness (QED) is 0.379. The molecule has 0 aromatic heterocycles. The molecule has 12 atom stereocenters. The Hall–Kier alpha value is -2.76. The number of aliphatic hydroxyl groups is 2. The van der Waals surface area contributed by atoms with Gasteiger partial charge in [-0.05, 0) is 41.5 Å². The highest BCUT2D eigenvalue weighted by molar-refractivity contribution is 6.26. The summed E-state index contributed by atoms with van der Waals surface area (Å²) in [5, 5.41) is 22.2. The molecular formula is C30H32O10. The van der Waals surface area contributed by atoms with Gasteiger partial charge in [0.05, 0.1) is 18.5 Å². The third-order valence-corrected chi connectivity index (χ3v) is 9.91. The molecule has 2 bridgehead atoms. The van der Waals surface area contributed by atoms with Crippen LogP contribution in [0.5, 0.6) is 0 Å². The summed E-state index contributed by atoms with van der Waals surface area (Å²) in [5.74, 6) is -3.69. The van der Waals surface area contributed by atoms with E-state index in [2.05, 4.69) is 0 Å². The van der Waals surface area contributed by atoms with E-state index in [9.17, 15) is 29.4 Å². The molecule has 212 valence electrons. The number of ether oxygens (including phenoxy) is 4. The predicted molar refractivity (Wildman–Crippen MR) is 136 cm³/mol. The van der Waals surface area contributed by atoms with E-state index in [1.165, 1.54) is 18.4 Å². The summed E-state index contributed by atoms with van der Waals surface area (Å²) in [4.78, 5) is 56.9. The Labute approximate surface area is 230 Å². The summed E-state index contributed by atoms with van der Waals surface area (Å²) in [6.45, 7) is 10.6. The zero-order chi connectivity index (χ0) is 28.8. The minimum Gasteiger partial charge on any atom is -0.498 e. The van der Waals surface area contributed by atoms with Crippen LogP contribution < -0.4 is 0 Å². The van der Waals surface area contributed by atoms with Gasteiger partial charge in [0, 0.05) is 28.6 Å². The van der Waals surface area contributed by atoms with Gasteiger partial charge in [0.2, 0.25) is 0 Å². The van der Waals surface area contributed by atoms with Gasteiger partial charge in [-0.3, -0.25) is 19.2 Å². The molecule has 1 spiro atoms. The van der Waals surface area contributed by atoms with E-state index >= 15 is 0 Å². The zero-order valence-electron chi connectivity index (χ0n) is 23.1. The predicted octanol–water partition coefficient (Wildman–Crippen LogP) is 0.838. The first-order valence-corrected chi connectivity index (χ1v) is 13.7. The van der Waals surface area contributed by atoms with Crippen molar-refractivity contribution in [3.63, 3.8) is 0 Å². The number of hydrogen-bond acceptors (Lipinski definition) is 10. The van der Waals surface area contributed by atoms with Crippen LogP contribution in [0.2, 0.25) is 0 Å². The van der Waals surface area contributed by atoms with Gasteiger partial charge in [0.15, 0.2) is 46.5 Å². The van der Waals surface area contributed by atoms with Crippen molar-refractivity contribution in [1.29, 1.82) is 0 Å². The van der Waals surface area contributed by atoms with Crippen LogP contribution in [0.1, 0.15) is 41.5 Å². The molecule has 3 saturated heterocycles. The second-order valence-corrected chi connectivity index (χ2v) is 12.7. The number of Topliss-reactive ketones (excluding diaryl/α,β-unsaturated/α-hetero) is 4. The van der Waals surface area contributed by atoms with Gasteiger partial charge in [-0.25, -0.2) is 0 Å². The maximum absolute atomic E-state index is 14.8. The summed E-state index contributed by atoms with van der Waals surface area (Å²) in [7, 11) is 0. The third-order valence-electron chi connectivity index (χ3n) is 9.91. The normalized spacial score (nSPS) is 47.0. The lowest BCUT2D eigenvalue weighted by Crippen LogP contribution is -2.74. The minimum absolute atomic E-state index is 0.0129. The molecule has 5 heterocycles. The molecule has 2 N–H and O–H groups in total. The summed E-state index contributed by atoms with van der Waals surface area (Å²) < 4.78 is 23.8. The van der Waals surface area contributed by atoms with E-state index in [0.717, 1.165) is 11.1 Å². The maximum Gasteiger partial charge on any atom is 0.197 e. The number of carbonyl (C=O) groups excluding carboxylic acids is 4. The van der Waals surface area contributed by atoms with Gasteiger partial charge in [-0.2, -0.15) is 0 Å². The van der Waals surface area contributed by atoms with Crippen molar-refractivity contribution in [3.8, 4) is 0 Å². The fourth-order valence-corrected chi connectivity index (χ4v) is 8.30. The average molecular weight is 553 g/mol. The van der Waals surface area contributed by atoms with E-state index < -0.39 is 94.3 Å². The highest BCUT2D eigenvalue weighted by Gasteiger charge is 2.86. The monoisotopic (exact) mass is 552 g/mol. The highest BCUT2D eigenvalue weighted by atomic mass is 16.6. The smallest absolute Gasteiger partial charge is 0.197 e. The van der Waals surface area contributed by atoms with Crippen LogP contribution in [0.25, 0.3) is 0 Å². The minimum atomic E-state index is -1.83. The molecule has 8 aliphatic rings. The van der Waals surface area contributed by atoms with Crippen LogP contribution in [0.3, 0.4) is 0 Å². The van der Waals surface area contributed by atoms with Crippen molar-refractivity contribution < 1.29 is 48.3 Å². The van der Waals surface area contributed by atoms with Crippen molar-refractivity contribution in [2.75, 3.05) is 0 Å². The van der Waals surface area contributed by atoms with E-state index in [0.29, 0.717) is 0 Å². The molecule has 1 saturated carbocycles. The second-order valence-electron chi connectivity index (χ2n) is 12.7. The van der Waals surface area contributed by atoms with Crippen molar-refractivity contribution in [1.82, 2.24) is 0 Å².